The predicted molar refractivity (Wildman–Crippen MR) is 127 cm³/mol. The largest absolute Gasteiger partial charge is 0.357 e. The van der Waals surface area contributed by atoms with Crippen LogP contribution in [-0.4, -0.2) is 79.9 Å². The Bertz CT molecular complexity index is 670. The van der Waals surface area contributed by atoms with Crippen molar-refractivity contribution in [3.63, 3.8) is 0 Å². The van der Waals surface area contributed by atoms with Crippen LogP contribution in [0.15, 0.2) is 29.3 Å². The molecule has 1 fully saturated rings. The Morgan fingerprint density at radius 2 is 2.10 bits per heavy atom. The van der Waals surface area contributed by atoms with Crippen molar-refractivity contribution in [1.82, 2.24) is 20.0 Å². The van der Waals surface area contributed by atoms with Crippen LogP contribution in [0.5, 0.6) is 0 Å². The molecule has 1 N–H and O–H groups in total. The summed E-state index contributed by atoms with van der Waals surface area (Å²) in [4.78, 5) is 23.0. The normalized spacial score (nSPS) is 17.0. The van der Waals surface area contributed by atoms with Crippen molar-refractivity contribution >= 4 is 35.8 Å². The monoisotopic (exact) mass is 519 g/mol. The molecule has 1 heterocycles. The molecular formula is C21H35FIN5O. The minimum absolute atomic E-state index is 0. The zero-order chi connectivity index (χ0) is 20.5. The Morgan fingerprint density at radius 1 is 1.34 bits per heavy atom. The summed E-state index contributed by atoms with van der Waals surface area (Å²) in [5.41, 5.74) is 0.912. The highest BCUT2D eigenvalue weighted by molar-refractivity contribution is 14.0. The van der Waals surface area contributed by atoms with Crippen molar-refractivity contribution in [3.05, 3.63) is 35.6 Å². The molecule has 1 aliphatic rings. The minimum Gasteiger partial charge on any atom is -0.357 e. The molecule has 0 spiro atoms. The number of halogens is 2. The molecule has 0 saturated carbocycles. The van der Waals surface area contributed by atoms with Gasteiger partial charge in [-0.25, -0.2) is 4.39 Å². The van der Waals surface area contributed by atoms with E-state index in [1.165, 1.54) is 6.07 Å². The summed E-state index contributed by atoms with van der Waals surface area (Å²) in [5.74, 6) is 0.790. The molecule has 1 amide bonds. The Labute approximate surface area is 191 Å². The summed E-state index contributed by atoms with van der Waals surface area (Å²) in [5, 5.41) is 3.30. The van der Waals surface area contributed by atoms with Gasteiger partial charge in [-0.1, -0.05) is 12.1 Å². The number of aliphatic imine (C=N–C) groups is 1. The quantitative estimate of drug-likeness (QED) is 0.249. The number of carbonyl (C=O) groups excluding carboxylic acids is 1. The standard InChI is InChI=1S/C21H34FN5O.HI/c1-5-23-21(26(4)16-17-9-6-10-18(22)15-17)24-12-8-14-27-13-7-11-19(27)20(28)25(2)3;/h6,9-10,15,19H,5,7-8,11-14,16H2,1-4H3,(H,23,24);1H. The number of carbonyl (C=O) groups is 1. The lowest BCUT2D eigenvalue weighted by atomic mass is 10.2. The van der Waals surface area contributed by atoms with Crippen LogP contribution in [0, 0.1) is 5.82 Å². The van der Waals surface area contributed by atoms with Crippen LogP contribution in [0.4, 0.5) is 4.39 Å². The molecule has 6 nitrogen and oxygen atoms in total. The molecule has 1 aromatic carbocycles. The molecule has 1 aliphatic heterocycles. The number of hydrogen-bond acceptors (Lipinski definition) is 3. The lowest BCUT2D eigenvalue weighted by Crippen LogP contribution is -2.43. The molecule has 29 heavy (non-hydrogen) atoms. The van der Waals surface area contributed by atoms with E-state index in [1.807, 2.05) is 39.0 Å². The van der Waals surface area contributed by atoms with E-state index in [0.717, 1.165) is 50.4 Å². The van der Waals surface area contributed by atoms with Crippen LogP contribution in [-0.2, 0) is 11.3 Å². The molecule has 1 saturated heterocycles. The van der Waals surface area contributed by atoms with Crippen LogP contribution in [0.25, 0.3) is 0 Å². The first kappa shape index (κ1) is 25.6. The van der Waals surface area contributed by atoms with Gasteiger partial charge in [0.2, 0.25) is 5.91 Å². The third kappa shape index (κ3) is 8.08. The lowest BCUT2D eigenvalue weighted by Gasteiger charge is -2.26. The number of likely N-dealkylation sites (N-methyl/N-ethyl adjacent to an activating group) is 1. The first-order valence-electron chi connectivity index (χ1n) is 10.1. The van der Waals surface area contributed by atoms with Crippen LogP contribution in [0.1, 0.15) is 31.7 Å². The van der Waals surface area contributed by atoms with E-state index in [0.29, 0.717) is 13.1 Å². The molecule has 8 heteroatoms. The fourth-order valence-corrected chi connectivity index (χ4v) is 3.58. The molecule has 1 unspecified atom stereocenters. The maximum atomic E-state index is 13.4. The van der Waals surface area contributed by atoms with Crippen LogP contribution in [0.2, 0.25) is 0 Å². The molecule has 0 aromatic heterocycles. The summed E-state index contributed by atoms with van der Waals surface area (Å²) in [7, 11) is 5.60. The van der Waals surface area contributed by atoms with Crippen molar-refractivity contribution in [2.45, 2.75) is 38.8 Å². The summed E-state index contributed by atoms with van der Waals surface area (Å²) >= 11 is 0. The van der Waals surface area contributed by atoms with Crippen LogP contribution < -0.4 is 5.32 Å². The van der Waals surface area contributed by atoms with Gasteiger partial charge in [0.25, 0.3) is 0 Å². The van der Waals surface area contributed by atoms with Crippen molar-refractivity contribution in [1.29, 1.82) is 0 Å². The topological polar surface area (TPSA) is 51.2 Å². The average Bonchev–Trinajstić information content (AvgIpc) is 3.11. The first-order chi connectivity index (χ1) is 13.4. The fourth-order valence-electron chi connectivity index (χ4n) is 3.58. The van der Waals surface area contributed by atoms with Crippen molar-refractivity contribution in [3.8, 4) is 0 Å². The van der Waals surface area contributed by atoms with Gasteiger partial charge < -0.3 is 15.1 Å². The summed E-state index contributed by atoms with van der Waals surface area (Å²) in [6.07, 6.45) is 2.92. The predicted octanol–water partition coefficient (Wildman–Crippen LogP) is 2.78. The van der Waals surface area contributed by atoms with E-state index >= 15 is 0 Å². The third-order valence-electron chi connectivity index (χ3n) is 4.96. The van der Waals surface area contributed by atoms with E-state index < -0.39 is 0 Å². The molecule has 1 atom stereocenters. The van der Waals surface area contributed by atoms with Crippen molar-refractivity contribution in [2.75, 3.05) is 47.3 Å². The maximum Gasteiger partial charge on any atom is 0.239 e. The molecule has 0 bridgehead atoms. The Balaban J connectivity index is 0.00000420. The number of nitrogens with zero attached hydrogens (tertiary/aromatic N) is 4. The second-order valence-corrected chi connectivity index (χ2v) is 7.50. The molecule has 0 aliphatic carbocycles. The van der Waals surface area contributed by atoms with Gasteiger partial charge in [-0.05, 0) is 50.4 Å². The van der Waals surface area contributed by atoms with Crippen molar-refractivity contribution < 1.29 is 9.18 Å². The highest BCUT2D eigenvalue weighted by Crippen LogP contribution is 2.18. The zero-order valence-corrected chi connectivity index (χ0v) is 20.4. The van der Waals surface area contributed by atoms with Gasteiger partial charge in [-0.2, -0.15) is 0 Å². The molecule has 1 aromatic rings. The van der Waals surface area contributed by atoms with Gasteiger partial charge in [0, 0.05) is 47.3 Å². The number of nitrogens with one attached hydrogen (secondary N) is 1. The first-order valence-corrected chi connectivity index (χ1v) is 10.1. The van der Waals surface area contributed by atoms with E-state index in [4.69, 9.17) is 4.99 Å². The van der Waals surface area contributed by atoms with Gasteiger partial charge >= 0.3 is 0 Å². The summed E-state index contributed by atoms with van der Waals surface area (Å²) in [6.45, 7) is 5.95. The van der Waals surface area contributed by atoms with E-state index in [-0.39, 0.29) is 41.7 Å². The third-order valence-corrected chi connectivity index (χ3v) is 4.96. The molecule has 2 rings (SSSR count). The molecular weight excluding hydrogens is 484 g/mol. The smallest absolute Gasteiger partial charge is 0.239 e. The Morgan fingerprint density at radius 3 is 2.76 bits per heavy atom. The average molecular weight is 519 g/mol. The zero-order valence-electron chi connectivity index (χ0n) is 18.0. The highest BCUT2D eigenvalue weighted by Gasteiger charge is 2.30. The Hall–Kier alpha value is -1.42. The molecule has 164 valence electrons. The van der Waals surface area contributed by atoms with Crippen molar-refractivity contribution in [2.24, 2.45) is 4.99 Å². The highest BCUT2D eigenvalue weighted by atomic mass is 127. The number of amides is 1. The van der Waals surface area contributed by atoms with E-state index in [1.54, 1.807) is 17.0 Å². The van der Waals surface area contributed by atoms with Gasteiger partial charge in [-0.15, -0.1) is 24.0 Å². The van der Waals surface area contributed by atoms with Gasteiger partial charge in [0.05, 0.1) is 6.04 Å². The Kier molecular flexibility index (Phi) is 11.5. The summed E-state index contributed by atoms with van der Waals surface area (Å²) in [6, 6.07) is 6.66. The summed E-state index contributed by atoms with van der Waals surface area (Å²) < 4.78 is 13.4. The number of likely N-dealkylation sites (tertiary alicyclic amines) is 1. The number of benzene rings is 1. The van der Waals surface area contributed by atoms with Crippen LogP contribution in [0.3, 0.4) is 0 Å². The second kappa shape index (κ2) is 13.0. The van der Waals surface area contributed by atoms with Gasteiger partial charge in [0.15, 0.2) is 5.96 Å². The minimum atomic E-state index is -0.222. The SMILES string of the molecule is CCNC(=NCCCN1CCCC1C(=O)N(C)C)N(C)Cc1cccc(F)c1.I. The number of rotatable bonds is 8. The van der Waals surface area contributed by atoms with E-state index in [9.17, 15) is 9.18 Å². The van der Waals surface area contributed by atoms with Gasteiger partial charge in [-0.3, -0.25) is 14.7 Å². The number of hydrogen-bond donors (Lipinski definition) is 1. The lowest BCUT2D eigenvalue weighted by molar-refractivity contribution is -0.133. The fraction of sp³-hybridized carbons (Fsp3) is 0.619. The number of guanidine groups is 1. The maximum absolute atomic E-state index is 13.4. The van der Waals surface area contributed by atoms with E-state index in [2.05, 4.69) is 10.2 Å². The molecule has 0 radical (unpaired) electrons. The second-order valence-electron chi connectivity index (χ2n) is 7.50. The van der Waals surface area contributed by atoms with Crippen LogP contribution >= 0.6 is 24.0 Å². The van der Waals surface area contributed by atoms with Gasteiger partial charge in [0.1, 0.15) is 5.82 Å².